The molecule has 0 unspecified atom stereocenters. The van der Waals surface area contributed by atoms with Crippen LogP contribution in [0, 0.1) is 0 Å². The highest BCUT2D eigenvalue weighted by atomic mass is 16.5. The van der Waals surface area contributed by atoms with Crippen LogP contribution in [-0.4, -0.2) is 30.0 Å². The van der Waals surface area contributed by atoms with Crippen LogP contribution in [0.3, 0.4) is 0 Å². The van der Waals surface area contributed by atoms with Gasteiger partial charge in [0.2, 0.25) is 5.75 Å². The Labute approximate surface area is 88.1 Å². The van der Waals surface area contributed by atoms with Crippen molar-refractivity contribution >= 4 is 0 Å². The Morgan fingerprint density at radius 2 is 2.00 bits per heavy atom. The van der Waals surface area contributed by atoms with Crippen LogP contribution in [-0.2, 0) is 6.42 Å². The van der Waals surface area contributed by atoms with Gasteiger partial charge in [0, 0.05) is 18.6 Å². The molecule has 0 radical (unpaired) electrons. The predicted octanol–water partition coefficient (Wildman–Crippen LogP) is 1.09. The van der Waals surface area contributed by atoms with Crippen LogP contribution in [0.4, 0.5) is 0 Å². The molecule has 0 saturated heterocycles. The van der Waals surface area contributed by atoms with E-state index in [0.717, 1.165) is 6.42 Å². The Bertz CT molecular complexity index is 349. The summed E-state index contributed by atoms with van der Waals surface area (Å²) in [4.78, 5) is 0. The van der Waals surface area contributed by atoms with Gasteiger partial charge in [0.15, 0.2) is 11.5 Å². The van der Waals surface area contributed by atoms with Gasteiger partial charge in [-0.15, -0.1) is 0 Å². The van der Waals surface area contributed by atoms with E-state index in [9.17, 15) is 5.11 Å². The van der Waals surface area contributed by atoms with Crippen LogP contribution in [0.15, 0.2) is 12.1 Å². The fourth-order valence-corrected chi connectivity index (χ4v) is 1.58. The lowest BCUT2D eigenvalue weighted by Crippen LogP contribution is -1.98. The van der Waals surface area contributed by atoms with Crippen LogP contribution < -0.4 is 9.47 Å². The highest BCUT2D eigenvalue weighted by Crippen LogP contribution is 2.40. The van der Waals surface area contributed by atoms with E-state index < -0.39 is 0 Å². The van der Waals surface area contributed by atoms with Gasteiger partial charge >= 0.3 is 0 Å². The Morgan fingerprint density at radius 3 is 2.80 bits per heavy atom. The van der Waals surface area contributed by atoms with Crippen LogP contribution in [0.1, 0.15) is 12.0 Å². The molecule has 1 aromatic rings. The highest BCUT2D eigenvalue weighted by Gasteiger charge is 2.17. The molecule has 0 bridgehead atoms. The van der Waals surface area contributed by atoms with E-state index in [1.165, 1.54) is 0 Å². The second-order valence-corrected chi connectivity index (χ2v) is 3.42. The van der Waals surface area contributed by atoms with Gasteiger partial charge in [-0.1, -0.05) is 6.07 Å². The van der Waals surface area contributed by atoms with Crippen molar-refractivity contribution < 1.29 is 19.7 Å². The summed E-state index contributed by atoms with van der Waals surface area (Å²) in [6.45, 7) is 1.15. The van der Waals surface area contributed by atoms with E-state index >= 15 is 0 Å². The maximum atomic E-state index is 9.87. The van der Waals surface area contributed by atoms with Gasteiger partial charge in [-0.3, -0.25) is 0 Å². The molecule has 0 aromatic heterocycles. The number of rotatable bonds is 2. The van der Waals surface area contributed by atoms with Gasteiger partial charge in [-0.25, -0.2) is 0 Å². The molecule has 0 saturated carbocycles. The van der Waals surface area contributed by atoms with Crippen LogP contribution >= 0.6 is 0 Å². The summed E-state index contributed by atoms with van der Waals surface area (Å²) >= 11 is 0. The molecule has 0 atom stereocenters. The lowest BCUT2D eigenvalue weighted by atomic mass is 10.1. The standard InChI is InChI=1S/C11H14O4/c12-5-4-8-2-3-9-11(10(8)13)15-7-1-6-14-9/h2-3,12-13H,1,4-7H2. The zero-order valence-electron chi connectivity index (χ0n) is 8.40. The molecule has 1 heterocycles. The fraction of sp³-hybridized carbons (Fsp3) is 0.455. The summed E-state index contributed by atoms with van der Waals surface area (Å²) in [5.74, 6) is 1.06. The lowest BCUT2D eigenvalue weighted by Gasteiger charge is -2.11. The number of ether oxygens (including phenoxy) is 2. The topological polar surface area (TPSA) is 58.9 Å². The average Bonchev–Trinajstić information content (AvgIpc) is 2.48. The molecule has 0 amide bonds. The van der Waals surface area contributed by atoms with Crippen molar-refractivity contribution in [2.45, 2.75) is 12.8 Å². The monoisotopic (exact) mass is 210 g/mol. The highest BCUT2D eigenvalue weighted by molar-refractivity contribution is 5.55. The van der Waals surface area contributed by atoms with Crippen molar-refractivity contribution in [2.24, 2.45) is 0 Å². The second kappa shape index (κ2) is 4.40. The normalized spacial score (nSPS) is 14.7. The second-order valence-electron chi connectivity index (χ2n) is 3.42. The Hall–Kier alpha value is -1.42. The van der Waals surface area contributed by atoms with Gasteiger partial charge in [0.1, 0.15) is 0 Å². The molecule has 1 aliphatic rings. The molecule has 2 N–H and O–H groups in total. The number of phenolic OH excluding ortho intramolecular Hbond substituents is 1. The largest absolute Gasteiger partial charge is 0.504 e. The van der Waals surface area contributed by atoms with Crippen LogP contribution in [0.25, 0.3) is 0 Å². The molecule has 15 heavy (non-hydrogen) atoms. The Balaban J connectivity index is 2.36. The number of benzene rings is 1. The first-order valence-corrected chi connectivity index (χ1v) is 5.04. The molecular weight excluding hydrogens is 196 g/mol. The zero-order chi connectivity index (χ0) is 10.7. The molecule has 0 spiro atoms. The summed E-state index contributed by atoms with van der Waals surface area (Å²) in [5.41, 5.74) is 0.682. The number of hydrogen-bond acceptors (Lipinski definition) is 4. The van der Waals surface area contributed by atoms with Gasteiger partial charge in [-0.2, -0.15) is 0 Å². The predicted molar refractivity (Wildman–Crippen MR) is 54.5 cm³/mol. The molecule has 0 aliphatic carbocycles. The summed E-state index contributed by atoms with van der Waals surface area (Å²) in [6.07, 6.45) is 1.23. The van der Waals surface area contributed by atoms with Gasteiger partial charge in [0.05, 0.1) is 13.2 Å². The Kier molecular flexibility index (Phi) is 2.97. The molecule has 4 heteroatoms. The summed E-state index contributed by atoms with van der Waals surface area (Å²) < 4.78 is 10.8. The fourth-order valence-electron chi connectivity index (χ4n) is 1.58. The number of hydrogen-bond donors (Lipinski definition) is 2. The number of fused-ring (bicyclic) bond motifs is 1. The maximum Gasteiger partial charge on any atom is 0.203 e. The molecule has 1 aliphatic heterocycles. The first-order valence-electron chi connectivity index (χ1n) is 5.04. The molecule has 2 rings (SSSR count). The summed E-state index contributed by atoms with van der Waals surface area (Å²) in [6, 6.07) is 3.52. The molecule has 1 aromatic carbocycles. The van der Waals surface area contributed by atoms with Crippen molar-refractivity contribution in [3.63, 3.8) is 0 Å². The van der Waals surface area contributed by atoms with Crippen LogP contribution in [0.2, 0.25) is 0 Å². The first kappa shape index (κ1) is 10.1. The van der Waals surface area contributed by atoms with E-state index in [2.05, 4.69) is 0 Å². The van der Waals surface area contributed by atoms with E-state index in [1.54, 1.807) is 12.1 Å². The van der Waals surface area contributed by atoms with Gasteiger partial charge in [0.25, 0.3) is 0 Å². The van der Waals surface area contributed by atoms with Crippen LogP contribution in [0.5, 0.6) is 17.2 Å². The number of aliphatic hydroxyl groups is 1. The SMILES string of the molecule is OCCc1ccc2c(c1O)OCCCO2. The van der Waals surface area contributed by atoms with E-state index in [0.29, 0.717) is 36.7 Å². The minimum Gasteiger partial charge on any atom is -0.504 e. The average molecular weight is 210 g/mol. The molecule has 4 nitrogen and oxygen atoms in total. The quantitative estimate of drug-likeness (QED) is 0.767. The summed E-state index contributed by atoms with van der Waals surface area (Å²) in [5, 5.41) is 18.7. The van der Waals surface area contributed by atoms with E-state index in [4.69, 9.17) is 14.6 Å². The number of phenols is 1. The minimum atomic E-state index is 0.00715. The Morgan fingerprint density at radius 1 is 1.20 bits per heavy atom. The third kappa shape index (κ3) is 1.99. The number of aromatic hydroxyl groups is 1. The third-order valence-corrected chi connectivity index (χ3v) is 2.35. The molecule has 0 fully saturated rings. The lowest BCUT2D eigenvalue weighted by molar-refractivity contribution is 0.287. The smallest absolute Gasteiger partial charge is 0.203 e. The van der Waals surface area contributed by atoms with E-state index in [-0.39, 0.29) is 12.4 Å². The summed E-state index contributed by atoms with van der Waals surface area (Å²) in [7, 11) is 0. The first-order chi connectivity index (χ1) is 7.33. The van der Waals surface area contributed by atoms with Gasteiger partial charge in [-0.05, 0) is 12.5 Å². The van der Waals surface area contributed by atoms with Crippen molar-refractivity contribution in [1.29, 1.82) is 0 Å². The van der Waals surface area contributed by atoms with Crippen molar-refractivity contribution in [1.82, 2.24) is 0 Å². The van der Waals surface area contributed by atoms with Crippen molar-refractivity contribution in [3.8, 4) is 17.2 Å². The zero-order valence-corrected chi connectivity index (χ0v) is 8.40. The third-order valence-electron chi connectivity index (χ3n) is 2.35. The molecular formula is C11H14O4. The molecule has 82 valence electrons. The van der Waals surface area contributed by atoms with E-state index in [1.807, 2.05) is 0 Å². The number of aliphatic hydroxyl groups excluding tert-OH is 1. The van der Waals surface area contributed by atoms with Crippen molar-refractivity contribution in [3.05, 3.63) is 17.7 Å². The van der Waals surface area contributed by atoms with Gasteiger partial charge < -0.3 is 19.7 Å². The minimum absolute atomic E-state index is 0.00715. The van der Waals surface area contributed by atoms with Crippen molar-refractivity contribution in [2.75, 3.05) is 19.8 Å². The maximum absolute atomic E-state index is 9.87.